The molecule has 1 heterocycles. The van der Waals surface area contributed by atoms with Crippen LogP contribution in [0.25, 0.3) is 10.9 Å². The van der Waals surface area contributed by atoms with E-state index in [4.69, 9.17) is 5.11 Å². The molecule has 0 bridgehead atoms. The molecule has 7 heteroatoms. The summed E-state index contributed by atoms with van der Waals surface area (Å²) in [5, 5.41) is 23.5. The molecule has 5 nitrogen and oxygen atoms in total. The van der Waals surface area contributed by atoms with Crippen molar-refractivity contribution in [2.45, 2.75) is 38.2 Å². The van der Waals surface area contributed by atoms with E-state index in [-0.39, 0.29) is 6.54 Å². The van der Waals surface area contributed by atoms with Gasteiger partial charge in [-0.3, -0.25) is 4.68 Å². The van der Waals surface area contributed by atoms with Gasteiger partial charge in [-0.25, -0.2) is 4.79 Å². The van der Waals surface area contributed by atoms with Crippen LogP contribution in [0.1, 0.15) is 46.7 Å². The van der Waals surface area contributed by atoms with Gasteiger partial charge in [0.2, 0.25) is 0 Å². The number of aryl methyl sites for hydroxylation is 1. The smallest absolute Gasteiger partial charge is 0.379 e. The average Bonchev–Trinajstić information content (AvgIpc) is 3.47. The van der Waals surface area contributed by atoms with Gasteiger partial charge in [-0.1, -0.05) is 24.3 Å². The topological polar surface area (TPSA) is 78.9 Å². The van der Waals surface area contributed by atoms with Gasteiger partial charge in [0.25, 0.3) is 0 Å². The molecule has 1 aliphatic carbocycles. The molecule has 0 amide bonds. The number of rotatable bonds is 5. The number of hydrogen-bond acceptors (Lipinski definition) is 3. The first-order valence-corrected chi connectivity index (χ1v) is 8.93. The third-order valence-electron chi connectivity index (χ3n) is 5.23. The number of nitrogens with zero attached hydrogens (tertiary/aromatic N) is 3. The first-order valence-electron chi connectivity index (χ1n) is 8.93. The van der Waals surface area contributed by atoms with Crippen LogP contribution >= 0.6 is 0 Å². The molecule has 28 heavy (non-hydrogen) atoms. The van der Waals surface area contributed by atoms with Crippen LogP contribution in [-0.2, 0) is 17.3 Å². The number of carbonyl (C=O) groups is 1. The molecule has 1 saturated carbocycles. The van der Waals surface area contributed by atoms with Crippen LogP contribution in [0.2, 0.25) is 0 Å². The number of nitriles is 1. The van der Waals surface area contributed by atoms with Crippen LogP contribution in [0.15, 0.2) is 36.4 Å². The molecule has 2 aromatic carbocycles. The third kappa shape index (κ3) is 2.91. The maximum Gasteiger partial charge on any atom is 0.379 e. The molecule has 1 N–H and O–H groups in total. The summed E-state index contributed by atoms with van der Waals surface area (Å²) in [7, 11) is 0. The van der Waals surface area contributed by atoms with Crippen molar-refractivity contribution in [3.8, 4) is 6.07 Å². The highest BCUT2D eigenvalue weighted by Crippen LogP contribution is 2.42. The zero-order valence-electron chi connectivity index (χ0n) is 15.1. The van der Waals surface area contributed by atoms with Gasteiger partial charge >= 0.3 is 11.9 Å². The molecule has 1 fully saturated rings. The lowest BCUT2D eigenvalue weighted by molar-refractivity contribution is -0.166. The lowest BCUT2D eigenvalue weighted by Gasteiger charge is -2.14. The van der Waals surface area contributed by atoms with Crippen molar-refractivity contribution in [2.24, 2.45) is 0 Å². The van der Waals surface area contributed by atoms with Gasteiger partial charge in [0.1, 0.15) is 0 Å². The Labute approximate surface area is 159 Å². The minimum atomic E-state index is -3.99. The van der Waals surface area contributed by atoms with Crippen LogP contribution in [0, 0.1) is 18.3 Å². The number of carboxylic acid groups (broad SMARTS) is 1. The second-order valence-corrected chi connectivity index (χ2v) is 7.11. The zero-order chi connectivity index (χ0) is 20.1. The lowest BCUT2D eigenvalue weighted by atomic mass is 9.98. The normalized spacial score (nSPS) is 14.2. The van der Waals surface area contributed by atoms with Gasteiger partial charge in [-0.2, -0.15) is 19.1 Å². The molecule has 1 aromatic heterocycles. The predicted octanol–water partition coefficient (Wildman–Crippen LogP) is 4.32. The summed E-state index contributed by atoms with van der Waals surface area (Å²) < 4.78 is 29.6. The Balaban J connectivity index is 1.85. The molecule has 0 saturated heterocycles. The highest BCUT2D eigenvalue weighted by Gasteiger charge is 2.41. The van der Waals surface area contributed by atoms with Gasteiger partial charge in [-0.15, -0.1) is 0 Å². The highest BCUT2D eigenvalue weighted by atomic mass is 19.3. The van der Waals surface area contributed by atoms with Gasteiger partial charge in [0.05, 0.1) is 29.4 Å². The summed E-state index contributed by atoms with van der Waals surface area (Å²) in [6.07, 6.45) is 2.13. The Morgan fingerprint density at radius 2 is 2.11 bits per heavy atom. The summed E-state index contributed by atoms with van der Waals surface area (Å²) in [6, 6.07) is 11.6. The van der Waals surface area contributed by atoms with Crippen LogP contribution < -0.4 is 0 Å². The number of aromatic nitrogens is 2. The van der Waals surface area contributed by atoms with E-state index in [0.717, 1.165) is 30.0 Å². The molecule has 0 radical (unpaired) electrons. The largest absolute Gasteiger partial charge is 0.477 e. The Morgan fingerprint density at radius 3 is 2.75 bits per heavy atom. The molecule has 0 spiro atoms. The monoisotopic (exact) mass is 381 g/mol. The average molecular weight is 381 g/mol. The molecule has 0 aliphatic heterocycles. The molecule has 1 aliphatic rings. The van der Waals surface area contributed by atoms with E-state index in [1.165, 1.54) is 12.1 Å². The van der Waals surface area contributed by atoms with Gasteiger partial charge in [-0.05, 0) is 48.9 Å². The van der Waals surface area contributed by atoms with E-state index >= 15 is 0 Å². The molecular formula is C21H17F2N3O2. The van der Waals surface area contributed by atoms with Gasteiger partial charge in [0, 0.05) is 10.9 Å². The van der Waals surface area contributed by atoms with Crippen molar-refractivity contribution < 1.29 is 18.7 Å². The van der Waals surface area contributed by atoms with Crippen LogP contribution in [0.4, 0.5) is 8.78 Å². The summed E-state index contributed by atoms with van der Waals surface area (Å²) >= 11 is 0. The summed E-state index contributed by atoms with van der Waals surface area (Å²) in [5.74, 6) is -5.76. The number of alkyl halides is 2. The Kier molecular flexibility index (Phi) is 4.15. The molecule has 3 aromatic rings. The van der Waals surface area contributed by atoms with E-state index in [2.05, 4.69) is 11.2 Å². The fourth-order valence-corrected chi connectivity index (χ4v) is 3.59. The Hall–Kier alpha value is -3.27. The quantitative estimate of drug-likeness (QED) is 0.714. The maximum absolute atomic E-state index is 14.0. The number of hydrogen-bond donors (Lipinski definition) is 1. The maximum atomic E-state index is 14.0. The SMILES string of the molecule is Cc1nn(Cc2c(C#N)cccc2C2CC2)c2cc(C(F)(F)C(=O)O)ccc12. The molecular weight excluding hydrogens is 364 g/mol. The van der Waals surface area contributed by atoms with E-state index < -0.39 is 17.5 Å². The predicted molar refractivity (Wildman–Crippen MR) is 98.2 cm³/mol. The standard InChI is InChI=1S/C21H17F2N3O2/c1-12-16-8-7-15(21(22,23)20(27)28)9-19(16)26(25-12)11-18-14(10-24)3-2-4-17(18)13-5-6-13/h2-4,7-9,13H,5-6,11H2,1H3,(H,27,28). The van der Waals surface area contributed by atoms with Crippen molar-refractivity contribution in [1.29, 1.82) is 5.26 Å². The van der Waals surface area contributed by atoms with Crippen LogP contribution in [0.5, 0.6) is 0 Å². The van der Waals surface area contributed by atoms with Crippen LogP contribution in [-0.4, -0.2) is 20.9 Å². The lowest BCUT2D eigenvalue weighted by Crippen LogP contribution is -2.25. The molecule has 0 atom stereocenters. The van der Waals surface area contributed by atoms with E-state index in [0.29, 0.717) is 28.1 Å². The Bertz CT molecular complexity index is 1140. The van der Waals surface area contributed by atoms with Crippen molar-refractivity contribution >= 4 is 16.9 Å². The van der Waals surface area contributed by atoms with Crippen molar-refractivity contribution in [2.75, 3.05) is 0 Å². The summed E-state index contributed by atoms with van der Waals surface area (Å²) in [5.41, 5.74) is 2.95. The van der Waals surface area contributed by atoms with Gasteiger partial charge < -0.3 is 5.11 Å². The summed E-state index contributed by atoms with van der Waals surface area (Å²) in [6.45, 7) is 2.04. The number of carboxylic acids is 1. The van der Waals surface area contributed by atoms with Gasteiger partial charge in [0.15, 0.2) is 0 Å². The molecule has 4 rings (SSSR count). The summed E-state index contributed by atoms with van der Waals surface area (Å²) in [4.78, 5) is 10.9. The Morgan fingerprint density at radius 1 is 1.36 bits per heavy atom. The second-order valence-electron chi connectivity index (χ2n) is 7.11. The zero-order valence-corrected chi connectivity index (χ0v) is 15.1. The second kappa shape index (κ2) is 6.41. The minimum Gasteiger partial charge on any atom is -0.477 e. The fourth-order valence-electron chi connectivity index (χ4n) is 3.59. The van der Waals surface area contributed by atoms with Crippen molar-refractivity contribution in [1.82, 2.24) is 9.78 Å². The number of benzene rings is 2. The first kappa shape index (κ1) is 18.1. The van der Waals surface area contributed by atoms with Crippen molar-refractivity contribution in [3.05, 3.63) is 64.3 Å². The number of halogens is 2. The van der Waals surface area contributed by atoms with Crippen LogP contribution in [0.3, 0.4) is 0 Å². The molecule has 142 valence electrons. The minimum absolute atomic E-state index is 0.266. The number of fused-ring (bicyclic) bond motifs is 1. The molecule has 0 unspecified atom stereocenters. The van der Waals surface area contributed by atoms with E-state index in [9.17, 15) is 18.8 Å². The number of aliphatic carboxylic acids is 1. The third-order valence-corrected chi connectivity index (χ3v) is 5.23. The van der Waals surface area contributed by atoms with E-state index in [1.54, 1.807) is 17.7 Å². The fraction of sp³-hybridized carbons (Fsp3) is 0.286. The highest BCUT2D eigenvalue weighted by molar-refractivity contribution is 5.85. The first-order chi connectivity index (χ1) is 13.3. The van der Waals surface area contributed by atoms with Crippen molar-refractivity contribution in [3.63, 3.8) is 0 Å². The van der Waals surface area contributed by atoms with E-state index in [1.807, 2.05) is 12.1 Å².